The van der Waals surface area contributed by atoms with E-state index in [4.69, 9.17) is 4.74 Å². The van der Waals surface area contributed by atoms with Crippen LogP contribution in [0.4, 0.5) is 8.78 Å². The largest absolute Gasteiger partial charge is 0.497 e. The van der Waals surface area contributed by atoms with Gasteiger partial charge >= 0.3 is 0 Å². The molecule has 0 saturated carbocycles. The summed E-state index contributed by atoms with van der Waals surface area (Å²) in [6.07, 6.45) is -0.980. The Morgan fingerprint density at radius 3 is 2.70 bits per heavy atom. The van der Waals surface area contributed by atoms with Gasteiger partial charge in [-0.05, 0) is 29.8 Å². The Morgan fingerprint density at radius 2 is 2.00 bits per heavy atom. The summed E-state index contributed by atoms with van der Waals surface area (Å²) in [6, 6.07) is 9.05. The molecule has 2 rings (SSSR count). The summed E-state index contributed by atoms with van der Waals surface area (Å²) in [4.78, 5) is 0. The third-order valence-corrected chi connectivity index (χ3v) is 3.78. The molecular weight excluding hydrogens is 330 g/mol. The van der Waals surface area contributed by atoms with E-state index >= 15 is 0 Å². The molecule has 106 valence electrons. The first-order valence-electron chi connectivity index (χ1n) is 5.97. The molecule has 0 aliphatic heterocycles. The predicted octanol–water partition coefficient (Wildman–Crippen LogP) is 4.01. The molecule has 20 heavy (non-hydrogen) atoms. The fourth-order valence-corrected chi connectivity index (χ4v) is 2.34. The van der Waals surface area contributed by atoms with Gasteiger partial charge in [-0.25, -0.2) is 8.78 Å². The van der Waals surface area contributed by atoms with Crippen molar-refractivity contribution in [2.24, 2.45) is 0 Å². The van der Waals surface area contributed by atoms with Crippen LogP contribution in [-0.2, 0) is 6.42 Å². The van der Waals surface area contributed by atoms with Crippen molar-refractivity contribution >= 4 is 15.9 Å². The van der Waals surface area contributed by atoms with Crippen LogP contribution in [0.1, 0.15) is 17.2 Å². The molecule has 5 heteroatoms. The molecule has 0 aromatic heterocycles. The number of ether oxygens (including phenoxy) is 1. The second-order valence-electron chi connectivity index (χ2n) is 4.32. The minimum Gasteiger partial charge on any atom is -0.497 e. The molecule has 0 saturated heterocycles. The van der Waals surface area contributed by atoms with Crippen molar-refractivity contribution in [2.75, 3.05) is 7.11 Å². The van der Waals surface area contributed by atoms with Gasteiger partial charge in [-0.2, -0.15) is 0 Å². The fraction of sp³-hybridized carbons (Fsp3) is 0.200. The number of aliphatic hydroxyl groups is 1. The molecule has 0 fully saturated rings. The van der Waals surface area contributed by atoms with Crippen molar-refractivity contribution in [3.63, 3.8) is 0 Å². The number of hydrogen-bond acceptors (Lipinski definition) is 2. The predicted molar refractivity (Wildman–Crippen MR) is 75.7 cm³/mol. The zero-order valence-corrected chi connectivity index (χ0v) is 12.3. The lowest BCUT2D eigenvalue weighted by atomic mass is 10.0. The monoisotopic (exact) mass is 342 g/mol. The Balaban J connectivity index is 2.27. The number of hydrogen-bond donors (Lipinski definition) is 1. The van der Waals surface area contributed by atoms with Crippen molar-refractivity contribution in [2.45, 2.75) is 12.5 Å². The summed E-state index contributed by atoms with van der Waals surface area (Å²) >= 11 is 3.36. The molecule has 0 aliphatic rings. The van der Waals surface area contributed by atoms with Crippen molar-refractivity contribution in [1.29, 1.82) is 0 Å². The van der Waals surface area contributed by atoms with E-state index in [1.807, 2.05) is 0 Å². The molecule has 2 nitrogen and oxygen atoms in total. The third kappa shape index (κ3) is 3.16. The maximum Gasteiger partial charge on any atom is 0.164 e. The third-order valence-electron chi connectivity index (χ3n) is 3.01. The highest BCUT2D eigenvalue weighted by molar-refractivity contribution is 9.10. The van der Waals surface area contributed by atoms with Gasteiger partial charge in [0.1, 0.15) is 5.75 Å². The summed E-state index contributed by atoms with van der Waals surface area (Å²) in [6.45, 7) is 0. The van der Waals surface area contributed by atoms with E-state index in [9.17, 15) is 13.9 Å². The fourth-order valence-electron chi connectivity index (χ4n) is 1.93. The minimum atomic E-state index is -1.13. The van der Waals surface area contributed by atoms with Gasteiger partial charge in [0.25, 0.3) is 0 Å². The summed E-state index contributed by atoms with van der Waals surface area (Å²) < 4.78 is 32.7. The van der Waals surface area contributed by atoms with Gasteiger partial charge in [0.2, 0.25) is 0 Å². The number of aliphatic hydroxyl groups excluding tert-OH is 1. The second kappa shape index (κ2) is 6.33. The van der Waals surface area contributed by atoms with Crippen molar-refractivity contribution < 1.29 is 18.6 Å². The maximum absolute atomic E-state index is 13.6. The molecular formula is C15H13BrF2O2. The lowest BCUT2D eigenvalue weighted by molar-refractivity contribution is 0.172. The van der Waals surface area contributed by atoms with Gasteiger partial charge in [-0.15, -0.1) is 0 Å². The summed E-state index contributed by atoms with van der Waals surface area (Å²) in [7, 11) is 1.54. The molecule has 2 aromatic carbocycles. The maximum atomic E-state index is 13.6. The van der Waals surface area contributed by atoms with Crippen LogP contribution >= 0.6 is 15.9 Å². The van der Waals surface area contributed by atoms with Gasteiger partial charge in [0, 0.05) is 16.5 Å². The highest BCUT2D eigenvalue weighted by Crippen LogP contribution is 2.28. The normalized spacial score (nSPS) is 12.2. The molecule has 0 heterocycles. The van der Waals surface area contributed by atoms with Gasteiger partial charge in [0.15, 0.2) is 11.6 Å². The lowest BCUT2D eigenvalue weighted by Crippen LogP contribution is -2.06. The van der Waals surface area contributed by atoms with Gasteiger partial charge in [-0.1, -0.05) is 28.1 Å². The molecule has 0 spiro atoms. The van der Waals surface area contributed by atoms with E-state index in [0.717, 1.165) is 16.1 Å². The first-order chi connectivity index (χ1) is 9.52. The lowest BCUT2D eigenvalue weighted by Gasteiger charge is -2.14. The Bertz CT molecular complexity index is 617. The van der Waals surface area contributed by atoms with E-state index in [2.05, 4.69) is 15.9 Å². The molecule has 0 amide bonds. The van der Waals surface area contributed by atoms with E-state index in [1.54, 1.807) is 18.2 Å². The van der Waals surface area contributed by atoms with Gasteiger partial charge < -0.3 is 9.84 Å². The molecule has 1 unspecified atom stereocenters. The van der Waals surface area contributed by atoms with Crippen LogP contribution in [0.25, 0.3) is 0 Å². The average molecular weight is 343 g/mol. The number of methoxy groups -OCH3 is 1. The molecule has 1 atom stereocenters. The Labute approximate surface area is 124 Å². The van der Waals surface area contributed by atoms with Crippen LogP contribution in [0.15, 0.2) is 40.9 Å². The van der Waals surface area contributed by atoms with Crippen LogP contribution in [-0.4, -0.2) is 12.2 Å². The van der Waals surface area contributed by atoms with E-state index < -0.39 is 17.7 Å². The zero-order valence-electron chi connectivity index (χ0n) is 10.7. The van der Waals surface area contributed by atoms with Crippen molar-refractivity contribution in [3.8, 4) is 5.75 Å². The summed E-state index contributed by atoms with van der Waals surface area (Å²) in [5.74, 6) is -1.35. The van der Waals surface area contributed by atoms with Crippen LogP contribution in [0.5, 0.6) is 5.75 Å². The highest BCUT2D eigenvalue weighted by atomic mass is 79.9. The quantitative estimate of drug-likeness (QED) is 0.909. The van der Waals surface area contributed by atoms with Crippen LogP contribution in [0.2, 0.25) is 0 Å². The number of rotatable bonds is 4. The Morgan fingerprint density at radius 1 is 1.25 bits per heavy atom. The van der Waals surface area contributed by atoms with E-state index in [-0.39, 0.29) is 12.0 Å². The van der Waals surface area contributed by atoms with Crippen molar-refractivity contribution in [3.05, 3.63) is 63.6 Å². The van der Waals surface area contributed by atoms with Crippen LogP contribution in [0.3, 0.4) is 0 Å². The zero-order chi connectivity index (χ0) is 14.7. The van der Waals surface area contributed by atoms with E-state index in [0.29, 0.717) is 5.75 Å². The standard InChI is InChI=1S/C15H13BrF2O2/c1-20-10-5-6-12(16)9(7-10)8-14(19)11-3-2-4-13(17)15(11)18/h2-7,14,19H,8H2,1H3. The van der Waals surface area contributed by atoms with Crippen molar-refractivity contribution in [1.82, 2.24) is 0 Å². The first kappa shape index (κ1) is 14.9. The average Bonchev–Trinajstić information content (AvgIpc) is 2.44. The second-order valence-corrected chi connectivity index (χ2v) is 5.17. The number of benzene rings is 2. The smallest absolute Gasteiger partial charge is 0.164 e. The Kier molecular flexibility index (Phi) is 4.73. The number of halogens is 3. The molecule has 0 radical (unpaired) electrons. The molecule has 0 bridgehead atoms. The van der Waals surface area contributed by atoms with Crippen LogP contribution in [0, 0.1) is 11.6 Å². The highest BCUT2D eigenvalue weighted by Gasteiger charge is 2.17. The minimum absolute atomic E-state index is 0.0558. The topological polar surface area (TPSA) is 29.5 Å². The SMILES string of the molecule is COc1ccc(Br)c(CC(O)c2cccc(F)c2F)c1. The van der Waals surface area contributed by atoms with Gasteiger partial charge in [0.05, 0.1) is 13.2 Å². The first-order valence-corrected chi connectivity index (χ1v) is 6.76. The molecule has 1 N–H and O–H groups in total. The van der Waals surface area contributed by atoms with E-state index in [1.165, 1.54) is 19.2 Å². The summed E-state index contributed by atoms with van der Waals surface area (Å²) in [5.41, 5.74) is 0.695. The molecule has 2 aromatic rings. The van der Waals surface area contributed by atoms with Gasteiger partial charge in [-0.3, -0.25) is 0 Å². The molecule has 0 aliphatic carbocycles. The summed E-state index contributed by atoms with van der Waals surface area (Å²) in [5, 5.41) is 10.1. The van der Waals surface area contributed by atoms with Crippen LogP contribution < -0.4 is 4.74 Å². The Hall–Kier alpha value is -1.46.